The maximum absolute atomic E-state index is 15.2. The molecule has 0 amide bonds. The minimum absolute atomic E-state index is 0.0607. The highest BCUT2D eigenvalue weighted by atomic mass is 19.3. The van der Waals surface area contributed by atoms with Gasteiger partial charge in [-0.05, 0) is 49.4 Å². The number of aryl methyl sites for hydroxylation is 1. The van der Waals surface area contributed by atoms with E-state index >= 15 is 8.78 Å². The number of hydrogen-bond acceptors (Lipinski definition) is 4. The van der Waals surface area contributed by atoms with Gasteiger partial charge in [0.05, 0.1) is 29.8 Å². The van der Waals surface area contributed by atoms with Gasteiger partial charge in [-0.25, -0.2) is 13.8 Å². The van der Waals surface area contributed by atoms with Crippen LogP contribution >= 0.6 is 0 Å². The van der Waals surface area contributed by atoms with Gasteiger partial charge in [0.2, 0.25) is 5.95 Å². The first kappa shape index (κ1) is 33.2. The van der Waals surface area contributed by atoms with Crippen LogP contribution in [0.3, 0.4) is 0 Å². The Morgan fingerprint density at radius 2 is 1.51 bits per heavy atom. The van der Waals surface area contributed by atoms with Crippen LogP contribution in [0, 0.1) is 5.95 Å². The van der Waals surface area contributed by atoms with Crippen LogP contribution in [0.2, 0.25) is 0 Å². The van der Waals surface area contributed by atoms with E-state index in [0.717, 1.165) is 38.5 Å². The first-order chi connectivity index (χ1) is 19.8. The Morgan fingerprint density at radius 3 is 2.17 bits per heavy atom. The van der Waals surface area contributed by atoms with E-state index in [1.165, 1.54) is 31.5 Å². The van der Waals surface area contributed by atoms with Crippen molar-refractivity contribution in [3.05, 3.63) is 41.5 Å². The van der Waals surface area contributed by atoms with Crippen LogP contribution < -0.4 is 4.74 Å². The molecule has 0 N–H and O–H groups in total. The molecule has 2 aromatic rings. The second-order valence-corrected chi connectivity index (χ2v) is 11.1. The molecule has 0 bridgehead atoms. The van der Waals surface area contributed by atoms with E-state index in [1.54, 1.807) is 12.1 Å². The Kier molecular flexibility index (Phi) is 13.8. The van der Waals surface area contributed by atoms with Crippen molar-refractivity contribution in [2.24, 2.45) is 0 Å². The summed E-state index contributed by atoms with van der Waals surface area (Å²) in [6, 6.07) is 4.53. The lowest BCUT2D eigenvalue weighted by molar-refractivity contribution is -0.160. The van der Waals surface area contributed by atoms with E-state index in [4.69, 9.17) is 9.47 Å². The zero-order valence-electron chi connectivity index (χ0n) is 24.5. The maximum Gasteiger partial charge on any atom is 0.303 e. The molecule has 4 nitrogen and oxygen atoms in total. The Hall–Kier alpha value is -2.29. The Balaban J connectivity index is 1.54. The predicted molar refractivity (Wildman–Crippen MR) is 151 cm³/mol. The van der Waals surface area contributed by atoms with Crippen molar-refractivity contribution < 1.29 is 31.4 Å². The lowest BCUT2D eigenvalue weighted by atomic mass is 9.86. The number of aromatic nitrogens is 2. The summed E-state index contributed by atoms with van der Waals surface area (Å²) in [4.78, 5) is 7.99. The molecule has 1 aliphatic carbocycles. The average Bonchev–Trinajstić information content (AvgIpc) is 2.95. The van der Waals surface area contributed by atoms with Gasteiger partial charge >= 0.3 is 5.92 Å². The molecule has 41 heavy (non-hydrogen) atoms. The Morgan fingerprint density at radius 1 is 0.878 bits per heavy atom. The third-order valence-corrected chi connectivity index (χ3v) is 7.62. The first-order valence-electron chi connectivity index (χ1n) is 15.3. The van der Waals surface area contributed by atoms with Crippen molar-refractivity contribution >= 4 is 0 Å². The van der Waals surface area contributed by atoms with Gasteiger partial charge in [0.15, 0.2) is 0 Å². The van der Waals surface area contributed by atoms with Crippen LogP contribution in [0.25, 0.3) is 11.4 Å². The topological polar surface area (TPSA) is 44.2 Å². The molecule has 2 aromatic heterocycles. The largest absolute Gasteiger partial charge is 0.489 e. The number of fused-ring (bicyclic) bond motifs is 1. The highest BCUT2D eigenvalue weighted by Crippen LogP contribution is 2.43. The standard InChI is InChI=1S/C32H45F5N2O2/c1-3-5-7-9-10-12-14-24(33)21-40-26-16-17-27(38-20-26)28-19-23-15-18-29(32(36,37)30(23)31(35)39-28)41-22-25(34)13-11-8-6-4-2/h16-17,19-20,24-25,29H,3-15,18,21-22H2,1-2H3. The zero-order chi connectivity index (χ0) is 29.7. The van der Waals surface area contributed by atoms with Gasteiger partial charge in [-0.1, -0.05) is 78.1 Å². The Bertz CT molecular complexity index is 1040. The van der Waals surface area contributed by atoms with Crippen molar-refractivity contribution in [3.8, 4) is 17.1 Å². The second-order valence-electron chi connectivity index (χ2n) is 11.1. The smallest absolute Gasteiger partial charge is 0.303 e. The summed E-state index contributed by atoms with van der Waals surface area (Å²) in [6.07, 6.45) is 8.30. The van der Waals surface area contributed by atoms with Gasteiger partial charge in [-0.3, -0.25) is 4.98 Å². The number of unbranched alkanes of at least 4 members (excludes halogenated alkanes) is 8. The summed E-state index contributed by atoms with van der Waals surface area (Å²) in [5, 5.41) is 0. The molecule has 0 spiro atoms. The number of pyridine rings is 2. The molecule has 2 heterocycles. The van der Waals surface area contributed by atoms with Crippen molar-refractivity contribution in [1.29, 1.82) is 0 Å². The first-order valence-corrected chi connectivity index (χ1v) is 15.3. The Labute approximate surface area is 241 Å². The van der Waals surface area contributed by atoms with Crippen LogP contribution in [-0.4, -0.2) is 41.6 Å². The highest BCUT2D eigenvalue weighted by Gasteiger charge is 2.49. The van der Waals surface area contributed by atoms with Crippen LogP contribution in [0.5, 0.6) is 5.75 Å². The molecule has 3 unspecified atom stereocenters. The van der Waals surface area contributed by atoms with Crippen molar-refractivity contribution in [2.45, 2.75) is 128 Å². The van der Waals surface area contributed by atoms with E-state index < -0.39 is 42.5 Å². The van der Waals surface area contributed by atoms with Crippen LogP contribution in [0.1, 0.15) is 108 Å². The number of halogens is 5. The van der Waals surface area contributed by atoms with E-state index in [0.29, 0.717) is 18.6 Å². The van der Waals surface area contributed by atoms with Gasteiger partial charge in [0.25, 0.3) is 0 Å². The molecule has 0 fully saturated rings. The highest BCUT2D eigenvalue weighted by molar-refractivity contribution is 5.57. The number of ether oxygens (including phenoxy) is 2. The fourth-order valence-corrected chi connectivity index (χ4v) is 5.19. The number of alkyl halides is 4. The third kappa shape index (κ3) is 10.2. The van der Waals surface area contributed by atoms with Gasteiger partial charge in [-0.2, -0.15) is 13.2 Å². The number of hydrogen-bond donors (Lipinski definition) is 0. The van der Waals surface area contributed by atoms with E-state index in [1.807, 2.05) is 0 Å². The molecular formula is C32H45F5N2O2. The van der Waals surface area contributed by atoms with Crippen molar-refractivity contribution in [3.63, 3.8) is 0 Å². The van der Waals surface area contributed by atoms with Gasteiger partial charge in [-0.15, -0.1) is 0 Å². The van der Waals surface area contributed by atoms with Gasteiger partial charge in [0.1, 0.15) is 30.8 Å². The maximum atomic E-state index is 15.2. The molecule has 3 rings (SSSR count). The zero-order valence-corrected chi connectivity index (χ0v) is 24.5. The molecule has 3 atom stereocenters. The summed E-state index contributed by atoms with van der Waals surface area (Å²) >= 11 is 0. The monoisotopic (exact) mass is 584 g/mol. The molecule has 230 valence electrons. The molecule has 1 aliphatic rings. The number of nitrogens with zero attached hydrogens (tertiary/aromatic N) is 2. The molecule has 0 radical (unpaired) electrons. The van der Waals surface area contributed by atoms with Crippen molar-refractivity contribution in [2.75, 3.05) is 13.2 Å². The number of rotatable bonds is 19. The average molecular weight is 585 g/mol. The van der Waals surface area contributed by atoms with E-state index in [2.05, 4.69) is 23.8 Å². The van der Waals surface area contributed by atoms with Gasteiger partial charge < -0.3 is 9.47 Å². The fourth-order valence-electron chi connectivity index (χ4n) is 5.19. The lowest BCUT2D eigenvalue weighted by Gasteiger charge is -2.33. The van der Waals surface area contributed by atoms with Crippen molar-refractivity contribution in [1.82, 2.24) is 9.97 Å². The summed E-state index contributed by atoms with van der Waals surface area (Å²) in [6.45, 7) is 3.70. The SMILES string of the molecule is CCCCCCCCC(F)COc1ccc(-c2cc3c(c(F)n2)C(F)(F)C(OCC(F)CCCCCC)CC3)nc1. The fraction of sp³-hybridized carbons (Fsp3) is 0.688. The predicted octanol–water partition coefficient (Wildman–Crippen LogP) is 9.48. The van der Waals surface area contributed by atoms with E-state index in [9.17, 15) is 13.2 Å². The summed E-state index contributed by atoms with van der Waals surface area (Å²) in [5.74, 6) is -4.56. The molecule has 0 saturated carbocycles. The molecule has 0 saturated heterocycles. The van der Waals surface area contributed by atoms with E-state index in [-0.39, 0.29) is 42.8 Å². The van der Waals surface area contributed by atoms with Crippen LogP contribution in [0.15, 0.2) is 24.4 Å². The molecule has 0 aliphatic heterocycles. The minimum atomic E-state index is -3.63. The van der Waals surface area contributed by atoms with Crippen LogP contribution in [0.4, 0.5) is 22.0 Å². The normalized spacial score (nSPS) is 17.7. The lowest BCUT2D eigenvalue weighted by Crippen LogP contribution is -2.40. The quantitative estimate of drug-likeness (QED) is 0.0937. The molecular weight excluding hydrogens is 539 g/mol. The minimum Gasteiger partial charge on any atom is -0.489 e. The summed E-state index contributed by atoms with van der Waals surface area (Å²) in [5.41, 5.74) is -0.265. The second kappa shape index (κ2) is 17.0. The van der Waals surface area contributed by atoms with Crippen LogP contribution in [-0.2, 0) is 17.1 Å². The summed E-state index contributed by atoms with van der Waals surface area (Å²) < 4.78 is 84.6. The van der Waals surface area contributed by atoms with Gasteiger partial charge in [0, 0.05) is 0 Å². The molecule has 9 heteroatoms. The summed E-state index contributed by atoms with van der Waals surface area (Å²) in [7, 11) is 0. The third-order valence-electron chi connectivity index (χ3n) is 7.62. The molecule has 0 aromatic carbocycles.